The van der Waals surface area contributed by atoms with Crippen LogP contribution in [0.2, 0.25) is 0 Å². The molecule has 0 aromatic heterocycles. The lowest BCUT2D eigenvalue weighted by molar-refractivity contribution is 0.285. The average molecular weight is 296 g/mol. The molecule has 102 valence electrons. The van der Waals surface area contributed by atoms with Crippen molar-refractivity contribution in [2.75, 3.05) is 13.1 Å². The highest BCUT2D eigenvalue weighted by atomic mass is 35.5. The Kier molecular flexibility index (Phi) is 5.50. The maximum Gasteiger partial charge on any atom is 0.104 e. The fraction of sp³-hybridized carbons (Fsp3) is 0.375. The summed E-state index contributed by atoms with van der Waals surface area (Å²) < 4.78 is 0.354. The van der Waals surface area contributed by atoms with Gasteiger partial charge in [-0.05, 0) is 43.0 Å². The van der Waals surface area contributed by atoms with Crippen LogP contribution in [0.15, 0.2) is 47.5 Å². The minimum atomic E-state index is 0.354. The lowest BCUT2D eigenvalue weighted by Gasteiger charge is -2.23. The van der Waals surface area contributed by atoms with Gasteiger partial charge in [0.05, 0.1) is 0 Å². The van der Waals surface area contributed by atoms with Crippen LogP contribution in [0.3, 0.4) is 0 Å². The van der Waals surface area contributed by atoms with Crippen molar-refractivity contribution in [2.45, 2.75) is 25.3 Å². The highest BCUT2D eigenvalue weighted by Crippen LogP contribution is 2.32. The van der Waals surface area contributed by atoms with E-state index in [-0.39, 0.29) is 0 Å². The van der Waals surface area contributed by atoms with Gasteiger partial charge in [0.15, 0.2) is 0 Å². The Balaban J connectivity index is 2.06. The van der Waals surface area contributed by atoms with Crippen molar-refractivity contribution in [3.8, 4) is 0 Å². The predicted octanol–water partition coefficient (Wildman–Crippen LogP) is 4.87. The van der Waals surface area contributed by atoms with Gasteiger partial charge >= 0.3 is 0 Å². The van der Waals surface area contributed by atoms with Crippen molar-refractivity contribution in [3.05, 3.63) is 58.6 Å². The molecule has 1 aromatic carbocycles. The van der Waals surface area contributed by atoms with Gasteiger partial charge in [0, 0.05) is 12.6 Å². The lowest BCUT2D eigenvalue weighted by atomic mass is 10.0. The molecule has 2 rings (SSSR count). The van der Waals surface area contributed by atoms with Crippen molar-refractivity contribution in [2.24, 2.45) is 0 Å². The van der Waals surface area contributed by atoms with Crippen molar-refractivity contribution in [3.63, 3.8) is 0 Å². The number of likely N-dealkylation sites (tertiary alicyclic amines) is 1. The van der Waals surface area contributed by atoms with Gasteiger partial charge < -0.3 is 0 Å². The van der Waals surface area contributed by atoms with Crippen LogP contribution >= 0.6 is 23.2 Å². The summed E-state index contributed by atoms with van der Waals surface area (Å²) >= 11 is 11.4. The van der Waals surface area contributed by atoms with E-state index >= 15 is 0 Å². The molecule has 0 saturated carbocycles. The van der Waals surface area contributed by atoms with Crippen LogP contribution in [0.1, 0.15) is 30.0 Å². The molecule has 0 spiro atoms. The first-order valence-corrected chi connectivity index (χ1v) is 7.41. The van der Waals surface area contributed by atoms with Gasteiger partial charge in [0.2, 0.25) is 0 Å². The Bertz CT molecular complexity index is 446. The largest absolute Gasteiger partial charge is 0.293 e. The Morgan fingerprint density at radius 1 is 1.32 bits per heavy atom. The topological polar surface area (TPSA) is 3.24 Å². The van der Waals surface area contributed by atoms with E-state index in [1.54, 1.807) is 0 Å². The van der Waals surface area contributed by atoms with Crippen LogP contribution in [0.5, 0.6) is 0 Å². The quantitative estimate of drug-likeness (QED) is 0.701. The van der Waals surface area contributed by atoms with E-state index in [0.717, 1.165) is 19.5 Å². The fourth-order valence-electron chi connectivity index (χ4n) is 2.65. The number of halogens is 2. The Morgan fingerprint density at radius 3 is 2.68 bits per heavy atom. The standard InChI is InChI=1S/C16H19Cl2N/c1-2-4-13-6-8-14(9-7-13)15-5-3-11-19(15)12-10-16(17)18/h2,6-10,15H,1,3-5,11-12H2/t15-/m0/s1. The summed E-state index contributed by atoms with van der Waals surface area (Å²) in [4.78, 5) is 2.42. The second-order valence-electron chi connectivity index (χ2n) is 4.88. The van der Waals surface area contributed by atoms with E-state index in [1.807, 2.05) is 12.2 Å². The van der Waals surface area contributed by atoms with Gasteiger partial charge in [0.1, 0.15) is 4.49 Å². The molecule has 0 bridgehead atoms. The molecule has 0 aliphatic carbocycles. The molecular weight excluding hydrogens is 277 g/mol. The monoisotopic (exact) mass is 295 g/mol. The van der Waals surface area contributed by atoms with Gasteiger partial charge in [0.25, 0.3) is 0 Å². The molecular formula is C16H19Cl2N. The second-order valence-corrected chi connectivity index (χ2v) is 5.89. The van der Waals surface area contributed by atoms with E-state index in [9.17, 15) is 0 Å². The molecule has 0 amide bonds. The zero-order valence-electron chi connectivity index (χ0n) is 11.0. The van der Waals surface area contributed by atoms with Gasteiger partial charge in [-0.2, -0.15) is 0 Å². The highest BCUT2D eigenvalue weighted by molar-refractivity contribution is 6.55. The van der Waals surface area contributed by atoms with Crippen molar-refractivity contribution in [1.29, 1.82) is 0 Å². The third-order valence-electron chi connectivity index (χ3n) is 3.59. The predicted molar refractivity (Wildman–Crippen MR) is 83.7 cm³/mol. The van der Waals surface area contributed by atoms with Crippen LogP contribution in [-0.4, -0.2) is 18.0 Å². The first-order valence-electron chi connectivity index (χ1n) is 6.65. The Hall–Kier alpha value is -0.760. The second kappa shape index (κ2) is 7.14. The summed E-state index contributed by atoms with van der Waals surface area (Å²) in [5, 5.41) is 0. The number of benzene rings is 1. The zero-order valence-corrected chi connectivity index (χ0v) is 12.5. The van der Waals surface area contributed by atoms with Crippen LogP contribution in [0.25, 0.3) is 0 Å². The van der Waals surface area contributed by atoms with Gasteiger partial charge in [-0.15, -0.1) is 6.58 Å². The molecule has 19 heavy (non-hydrogen) atoms. The summed E-state index contributed by atoms with van der Waals surface area (Å²) in [6.45, 7) is 5.70. The number of rotatable bonds is 5. The molecule has 1 atom stereocenters. The molecule has 1 heterocycles. The minimum absolute atomic E-state index is 0.354. The summed E-state index contributed by atoms with van der Waals surface area (Å²) in [6, 6.07) is 9.33. The van der Waals surface area contributed by atoms with Gasteiger partial charge in [-0.3, -0.25) is 4.90 Å². The number of allylic oxidation sites excluding steroid dienone is 1. The van der Waals surface area contributed by atoms with E-state index in [1.165, 1.54) is 24.0 Å². The van der Waals surface area contributed by atoms with Crippen LogP contribution < -0.4 is 0 Å². The molecule has 1 aromatic rings. The Morgan fingerprint density at radius 2 is 2.05 bits per heavy atom. The van der Waals surface area contributed by atoms with Crippen LogP contribution in [0.4, 0.5) is 0 Å². The maximum absolute atomic E-state index is 5.70. The molecule has 0 N–H and O–H groups in total. The third kappa shape index (κ3) is 4.10. The molecule has 1 nitrogen and oxygen atoms in total. The van der Waals surface area contributed by atoms with Crippen molar-refractivity contribution < 1.29 is 0 Å². The van der Waals surface area contributed by atoms with E-state index < -0.39 is 0 Å². The summed E-state index contributed by atoms with van der Waals surface area (Å²) in [5.74, 6) is 0. The van der Waals surface area contributed by atoms with E-state index in [4.69, 9.17) is 23.2 Å². The SMILES string of the molecule is C=CCc1ccc([C@@H]2CCCN2CC=C(Cl)Cl)cc1. The molecule has 1 saturated heterocycles. The summed E-state index contributed by atoms with van der Waals surface area (Å²) in [7, 11) is 0. The van der Waals surface area contributed by atoms with Crippen molar-refractivity contribution >= 4 is 23.2 Å². The first-order chi connectivity index (χ1) is 9.20. The minimum Gasteiger partial charge on any atom is -0.293 e. The molecule has 1 aliphatic heterocycles. The maximum atomic E-state index is 5.70. The van der Waals surface area contributed by atoms with E-state index in [0.29, 0.717) is 10.5 Å². The third-order valence-corrected chi connectivity index (χ3v) is 3.90. The zero-order chi connectivity index (χ0) is 13.7. The van der Waals surface area contributed by atoms with Crippen LogP contribution in [0, 0.1) is 0 Å². The highest BCUT2D eigenvalue weighted by Gasteiger charge is 2.24. The number of hydrogen-bond donors (Lipinski definition) is 0. The average Bonchev–Trinajstić information content (AvgIpc) is 2.86. The normalized spacial score (nSPS) is 19.4. The summed E-state index contributed by atoms with van der Waals surface area (Å²) in [5.41, 5.74) is 2.69. The number of nitrogens with zero attached hydrogens (tertiary/aromatic N) is 1. The summed E-state index contributed by atoms with van der Waals surface area (Å²) in [6.07, 6.45) is 7.16. The lowest BCUT2D eigenvalue weighted by Crippen LogP contribution is -2.23. The Labute approximate surface area is 125 Å². The molecule has 0 radical (unpaired) electrons. The number of hydrogen-bond acceptors (Lipinski definition) is 1. The smallest absolute Gasteiger partial charge is 0.104 e. The van der Waals surface area contributed by atoms with Gasteiger partial charge in [-0.1, -0.05) is 53.5 Å². The van der Waals surface area contributed by atoms with Gasteiger partial charge in [-0.25, -0.2) is 0 Å². The molecule has 0 unspecified atom stereocenters. The fourth-order valence-corrected chi connectivity index (χ4v) is 2.79. The molecule has 1 aliphatic rings. The van der Waals surface area contributed by atoms with Crippen LogP contribution in [-0.2, 0) is 6.42 Å². The van der Waals surface area contributed by atoms with E-state index in [2.05, 4.69) is 35.7 Å². The molecule has 1 fully saturated rings. The van der Waals surface area contributed by atoms with Crippen molar-refractivity contribution in [1.82, 2.24) is 4.90 Å². The molecule has 3 heteroatoms. The first kappa shape index (κ1) is 14.6.